The minimum Gasteiger partial charge on any atom is -0.395 e. The summed E-state index contributed by atoms with van der Waals surface area (Å²) < 4.78 is 0. The van der Waals surface area contributed by atoms with E-state index in [4.69, 9.17) is 5.11 Å². The molecule has 0 saturated heterocycles. The Labute approximate surface area is 101 Å². The molecule has 1 atom stereocenters. The molecule has 0 aliphatic heterocycles. The number of aliphatic hydroxyl groups excluding tert-OH is 1. The Morgan fingerprint density at radius 3 is 2.44 bits per heavy atom. The van der Waals surface area contributed by atoms with Gasteiger partial charge in [0.2, 0.25) is 0 Å². The SMILES string of the molecule is CC(C)NCc1cnc(SC(C)CO)nc1. The van der Waals surface area contributed by atoms with Gasteiger partial charge in [0.1, 0.15) is 0 Å². The van der Waals surface area contributed by atoms with Crippen LogP contribution in [0.1, 0.15) is 26.3 Å². The third-order valence-corrected chi connectivity index (χ3v) is 2.93. The highest BCUT2D eigenvalue weighted by Crippen LogP contribution is 2.17. The lowest BCUT2D eigenvalue weighted by Gasteiger charge is -2.08. The highest BCUT2D eigenvalue weighted by atomic mass is 32.2. The van der Waals surface area contributed by atoms with Gasteiger partial charge >= 0.3 is 0 Å². The van der Waals surface area contributed by atoms with Gasteiger partial charge in [-0.3, -0.25) is 0 Å². The molecule has 4 nitrogen and oxygen atoms in total. The molecular formula is C11H19N3OS. The van der Waals surface area contributed by atoms with Crippen LogP contribution in [0.25, 0.3) is 0 Å². The van der Waals surface area contributed by atoms with Gasteiger partial charge in [0.05, 0.1) is 6.61 Å². The van der Waals surface area contributed by atoms with Crippen molar-refractivity contribution in [3.63, 3.8) is 0 Å². The average molecular weight is 241 g/mol. The molecule has 1 unspecified atom stereocenters. The summed E-state index contributed by atoms with van der Waals surface area (Å²) in [5.41, 5.74) is 1.08. The van der Waals surface area contributed by atoms with E-state index in [-0.39, 0.29) is 11.9 Å². The van der Waals surface area contributed by atoms with Gasteiger partial charge < -0.3 is 10.4 Å². The minimum atomic E-state index is 0.139. The van der Waals surface area contributed by atoms with Crippen molar-refractivity contribution >= 4 is 11.8 Å². The zero-order valence-electron chi connectivity index (χ0n) is 9.97. The summed E-state index contributed by atoms with van der Waals surface area (Å²) in [5, 5.41) is 13.1. The monoisotopic (exact) mass is 241 g/mol. The fraction of sp³-hybridized carbons (Fsp3) is 0.636. The minimum absolute atomic E-state index is 0.139. The molecule has 1 aromatic heterocycles. The largest absolute Gasteiger partial charge is 0.395 e. The van der Waals surface area contributed by atoms with Crippen LogP contribution in [-0.2, 0) is 6.54 Å². The van der Waals surface area contributed by atoms with Crippen molar-refractivity contribution in [3.05, 3.63) is 18.0 Å². The molecule has 1 heterocycles. The van der Waals surface area contributed by atoms with Gasteiger partial charge in [-0.2, -0.15) is 0 Å². The van der Waals surface area contributed by atoms with Crippen molar-refractivity contribution in [3.8, 4) is 0 Å². The molecule has 0 radical (unpaired) electrons. The number of nitrogens with one attached hydrogen (secondary N) is 1. The Hall–Kier alpha value is -0.650. The Morgan fingerprint density at radius 2 is 1.94 bits per heavy atom. The summed E-state index contributed by atoms with van der Waals surface area (Å²) >= 11 is 1.48. The molecule has 0 aliphatic rings. The van der Waals surface area contributed by atoms with E-state index in [1.165, 1.54) is 11.8 Å². The predicted octanol–water partition coefficient (Wildman–Crippen LogP) is 1.45. The highest BCUT2D eigenvalue weighted by molar-refractivity contribution is 7.99. The van der Waals surface area contributed by atoms with E-state index in [0.29, 0.717) is 6.04 Å². The van der Waals surface area contributed by atoms with E-state index < -0.39 is 0 Å². The van der Waals surface area contributed by atoms with Crippen molar-refractivity contribution < 1.29 is 5.11 Å². The van der Waals surface area contributed by atoms with Crippen LogP contribution in [0, 0.1) is 0 Å². The highest BCUT2D eigenvalue weighted by Gasteiger charge is 2.05. The van der Waals surface area contributed by atoms with Crippen LogP contribution in [0.3, 0.4) is 0 Å². The molecule has 16 heavy (non-hydrogen) atoms. The Kier molecular flexibility index (Phi) is 5.73. The summed E-state index contributed by atoms with van der Waals surface area (Å²) in [4.78, 5) is 8.49. The second kappa shape index (κ2) is 6.83. The van der Waals surface area contributed by atoms with Crippen LogP contribution in [0.4, 0.5) is 0 Å². The fourth-order valence-electron chi connectivity index (χ4n) is 1.03. The average Bonchev–Trinajstić information content (AvgIpc) is 2.28. The van der Waals surface area contributed by atoms with E-state index in [9.17, 15) is 0 Å². The van der Waals surface area contributed by atoms with Gasteiger partial charge in [0, 0.05) is 35.8 Å². The topological polar surface area (TPSA) is 58.0 Å². The maximum Gasteiger partial charge on any atom is 0.187 e. The van der Waals surface area contributed by atoms with Crippen LogP contribution in [-0.4, -0.2) is 33.0 Å². The van der Waals surface area contributed by atoms with E-state index in [1.54, 1.807) is 0 Å². The molecule has 0 aromatic carbocycles. The van der Waals surface area contributed by atoms with Gasteiger partial charge in [0.25, 0.3) is 0 Å². The molecule has 5 heteroatoms. The van der Waals surface area contributed by atoms with E-state index in [0.717, 1.165) is 17.3 Å². The standard InChI is InChI=1S/C11H19N3OS/c1-8(2)12-4-10-5-13-11(14-6-10)16-9(3)7-15/h5-6,8-9,12,15H,4,7H2,1-3H3. The van der Waals surface area contributed by atoms with Crippen LogP contribution in [0.2, 0.25) is 0 Å². The zero-order chi connectivity index (χ0) is 12.0. The Balaban J connectivity index is 2.47. The Morgan fingerprint density at radius 1 is 1.31 bits per heavy atom. The summed E-state index contributed by atoms with van der Waals surface area (Å²) in [6.07, 6.45) is 3.66. The quantitative estimate of drug-likeness (QED) is 0.583. The van der Waals surface area contributed by atoms with Crippen LogP contribution < -0.4 is 5.32 Å². The smallest absolute Gasteiger partial charge is 0.187 e. The van der Waals surface area contributed by atoms with Gasteiger partial charge in [-0.05, 0) is 0 Å². The maximum atomic E-state index is 8.91. The normalized spacial score (nSPS) is 13.1. The van der Waals surface area contributed by atoms with Crippen LogP contribution in [0.15, 0.2) is 17.6 Å². The molecule has 90 valence electrons. The first-order chi connectivity index (χ1) is 7.61. The first kappa shape index (κ1) is 13.4. The first-order valence-electron chi connectivity index (χ1n) is 5.43. The number of rotatable bonds is 6. The fourth-order valence-corrected chi connectivity index (χ4v) is 1.70. The lowest BCUT2D eigenvalue weighted by Crippen LogP contribution is -2.22. The molecule has 0 aliphatic carbocycles. The second-order valence-electron chi connectivity index (χ2n) is 4.02. The second-order valence-corrected chi connectivity index (χ2v) is 5.43. The molecule has 2 N–H and O–H groups in total. The summed E-state index contributed by atoms with van der Waals surface area (Å²) in [6, 6.07) is 0.462. The molecule has 1 aromatic rings. The van der Waals surface area contributed by atoms with Gasteiger partial charge in [-0.1, -0.05) is 32.5 Å². The van der Waals surface area contributed by atoms with Gasteiger partial charge in [0.15, 0.2) is 5.16 Å². The number of hydrogen-bond donors (Lipinski definition) is 2. The van der Waals surface area contributed by atoms with E-state index in [2.05, 4.69) is 29.1 Å². The number of hydrogen-bond acceptors (Lipinski definition) is 5. The molecule has 0 spiro atoms. The lowest BCUT2D eigenvalue weighted by molar-refractivity contribution is 0.300. The van der Waals surface area contributed by atoms with Crippen molar-refractivity contribution in [1.29, 1.82) is 0 Å². The van der Waals surface area contributed by atoms with Gasteiger partial charge in [-0.15, -0.1) is 0 Å². The first-order valence-corrected chi connectivity index (χ1v) is 6.31. The zero-order valence-corrected chi connectivity index (χ0v) is 10.8. The van der Waals surface area contributed by atoms with Gasteiger partial charge in [-0.25, -0.2) is 9.97 Å². The molecule has 0 fully saturated rings. The lowest BCUT2D eigenvalue weighted by atomic mass is 10.3. The van der Waals surface area contributed by atoms with Crippen LogP contribution in [0.5, 0.6) is 0 Å². The third kappa shape index (κ3) is 4.92. The van der Waals surface area contributed by atoms with Crippen molar-refractivity contribution in [2.45, 2.75) is 43.8 Å². The van der Waals surface area contributed by atoms with Crippen molar-refractivity contribution in [2.24, 2.45) is 0 Å². The Bertz CT molecular complexity index is 303. The predicted molar refractivity (Wildman–Crippen MR) is 66.4 cm³/mol. The summed E-state index contributed by atoms with van der Waals surface area (Å²) in [7, 11) is 0. The number of aromatic nitrogens is 2. The summed E-state index contributed by atoms with van der Waals surface area (Å²) in [5.74, 6) is 0. The molecule has 0 bridgehead atoms. The summed E-state index contributed by atoms with van der Waals surface area (Å²) in [6.45, 7) is 7.09. The number of thioether (sulfide) groups is 1. The van der Waals surface area contributed by atoms with Crippen molar-refractivity contribution in [1.82, 2.24) is 15.3 Å². The van der Waals surface area contributed by atoms with E-state index in [1.807, 2.05) is 19.3 Å². The molecule has 1 rings (SSSR count). The van der Waals surface area contributed by atoms with Crippen LogP contribution >= 0.6 is 11.8 Å². The molecular weight excluding hydrogens is 222 g/mol. The van der Waals surface area contributed by atoms with Crippen molar-refractivity contribution in [2.75, 3.05) is 6.61 Å². The maximum absolute atomic E-state index is 8.91. The number of aliphatic hydroxyl groups is 1. The molecule has 0 amide bonds. The molecule has 0 saturated carbocycles. The third-order valence-electron chi connectivity index (χ3n) is 1.96. The number of nitrogens with zero attached hydrogens (tertiary/aromatic N) is 2. The van der Waals surface area contributed by atoms with E-state index >= 15 is 0 Å².